The number of aromatic amines is 1. The highest BCUT2D eigenvalue weighted by Gasteiger charge is 2.18. The van der Waals surface area contributed by atoms with Crippen molar-refractivity contribution in [2.24, 2.45) is 0 Å². The van der Waals surface area contributed by atoms with Crippen LogP contribution in [0.3, 0.4) is 0 Å². The summed E-state index contributed by atoms with van der Waals surface area (Å²) in [6, 6.07) is 0. The molecule has 1 saturated heterocycles. The SMILES string of the molecule is CCCCc1nc(N)c2n[nH]c(CCCCCN3CCN(F)C3)c2n1. The van der Waals surface area contributed by atoms with E-state index in [0.29, 0.717) is 24.5 Å². The third-order valence-corrected chi connectivity index (χ3v) is 4.71. The number of nitrogens with one attached hydrogen (secondary N) is 1. The van der Waals surface area contributed by atoms with Gasteiger partial charge in [-0.3, -0.25) is 10.00 Å². The Hall–Kier alpha value is -1.80. The first-order valence-electron chi connectivity index (χ1n) is 9.29. The topological polar surface area (TPSA) is 87.0 Å². The normalized spacial score (nSPS) is 16.2. The summed E-state index contributed by atoms with van der Waals surface area (Å²) in [6.45, 7) is 4.92. The number of aromatic nitrogens is 4. The Balaban J connectivity index is 1.51. The highest BCUT2D eigenvalue weighted by Crippen LogP contribution is 2.21. The van der Waals surface area contributed by atoms with Crippen molar-refractivity contribution in [3.05, 3.63) is 11.5 Å². The summed E-state index contributed by atoms with van der Waals surface area (Å²) < 4.78 is 13.0. The number of unbranched alkanes of at least 4 members (excludes halogenated alkanes) is 3. The number of aryl methyl sites for hydroxylation is 2. The molecule has 8 heteroatoms. The lowest BCUT2D eigenvalue weighted by atomic mass is 10.1. The van der Waals surface area contributed by atoms with Gasteiger partial charge >= 0.3 is 0 Å². The van der Waals surface area contributed by atoms with Crippen LogP contribution in [0.2, 0.25) is 0 Å². The monoisotopic (exact) mass is 349 g/mol. The van der Waals surface area contributed by atoms with E-state index in [2.05, 4.69) is 32.0 Å². The first-order chi connectivity index (χ1) is 12.2. The number of halogens is 1. The predicted molar refractivity (Wildman–Crippen MR) is 96.5 cm³/mol. The molecular weight excluding hydrogens is 321 g/mol. The van der Waals surface area contributed by atoms with E-state index in [4.69, 9.17) is 5.73 Å². The molecule has 0 amide bonds. The van der Waals surface area contributed by atoms with Gasteiger partial charge in [0.15, 0.2) is 11.3 Å². The van der Waals surface area contributed by atoms with Crippen molar-refractivity contribution in [2.75, 3.05) is 32.0 Å². The summed E-state index contributed by atoms with van der Waals surface area (Å²) in [7, 11) is 0. The molecule has 0 saturated carbocycles. The van der Waals surface area contributed by atoms with E-state index >= 15 is 0 Å². The minimum absolute atomic E-state index is 0.446. The van der Waals surface area contributed by atoms with Crippen molar-refractivity contribution in [1.29, 1.82) is 0 Å². The van der Waals surface area contributed by atoms with Gasteiger partial charge in [0.25, 0.3) is 0 Å². The van der Waals surface area contributed by atoms with Crippen LogP contribution in [0.4, 0.5) is 10.3 Å². The zero-order valence-corrected chi connectivity index (χ0v) is 15.0. The number of nitrogen functional groups attached to an aromatic ring is 1. The van der Waals surface area contributed by atoms with Gasteiger partial charge in [-0.05, 0) is 32.2 Å². The lowest BCUT2D eigenvalue weighted by Crippen LogP contribution is -2.22. The lowest BCUT2D eigenvalue weighted by Gasteiger charge is -2.13. The van der Waals surface area contributed by atoms with Crippen LogP contribution < -0.4 is 5.73 Å². The fraction of sp³-hybridized carbons (Fsp3) is 0.706. The average molecular weight is 349 g/mol. The molecule has 0 aliphatic carbocycles. The van der Waals surface area contributed by atoms with Crippen LogP contribution in [0.15, 0.2) is 0 Å². The Bertz CT molecular complexity index is 687. The second-order valence-corrected chi connectivity index (χ2v) is 6.78. The van der Waals surface area contributed by atoms with Gasteiger partial charge in [0.1, 0.15) is 11.3 Å². The summed E-state index contributed by atoms with van der Waals surface area (Å²) in [6.07, 6.45) is 7.16. The maximum atomic E-state index is 13.0. The maximum Gasteiger partial charge on any atom is 0.155 e. The largest absolute Gasteiger partial charge is 0.382 e. The highest BCUT2D eigenvalue weighted by molar-refractivity contribution is 5.85. The molecule has 7 nitrogen and oxygen atoms in total. The standard InChI is InChI=1S/C17H28FN7/c1-2-3-8-14-20-15-13(22-23-16(15)17(19)21-14)7-5-4-6-9-24-10-11-25(18)12-24/h2-12H2,1H3,(H,22,23)(H2,19,20,21). The summed E-state index contributed by atoms with van der Waals surface area (Å²) in [5.41, 5.74) is 8.61. The van der Waals surface area contributed by atoms with Crippen molar-refractivity contribution in [3.8, 4) is 0 Å². The van der Waals surface area contributed by atoms with Gasteiger partial charge in [0.05, 0.1) is 12.4 Å². The average Bonchev–Trinajstić information content (AvgIpc) is 3.19. The van der Waals surface area contributed by atoms with Crippen LogP contribution >= 0.6 is 0 Å². The fourth-order valence-corrected chi connectivity index (χ4v) is 3.24. The highest BCUT2D eigenvalue weighted by atomic mass is 19.2. The molecule has 3 N–H and O–H groups in total. The first-order valence-corrected chi connectivity index (χ1v) is 9.29. The lowest BCUT2D eigenvalue weighted by molar-refractivity contribution is 0.0352. The maximum absolute atomic E-state index is 13.0. The summed E-state index contributed by atoms with van der Waals surface area (Å²) >= 11 is 0. The molecule has 1 fully saturated rings. The smallest absolute Gasteiger partial charge is 0.155 e. The van der Waals surface area contributed by atoms with Crippen molar-refractivity contribution in [3.63, 3.8) is 0 Å². The third kappa shape index (κ3) is 4.64. The van der Waals surface area contributed by atoms with Crippen molar-refractivity contribution < 1.29 is 4.48 Å². The van der Waals surface area contributed by atoms with E-state index in [0.717, 1.165) is 80.2 Å². The Morgan fingerprint density at radius 3 is 2.72 bits per heavy atom. The summed E-state index contributed by atoms with van der Waals surface area (Å²) in [5.74, 6) is 1.27. The quantitative estimate of drug-likeness (QED) is 0.534. The number of hydrogen-bond acceptors (Lipinski definition) is 6. The molecule has 0 spiro atoms. The number of hydrogen-bond donors (Lipinski definition) is 2. The molecule has 2 aromatic heterocycles. The summed E-state index contributed by atoms with van der Waals surface area (Å²) in [4.78, 5) is 11.2. The van der Waals surface area contributed by atoms with Gasteiger partial charge < -0.3 is 5.73 Å². The Morgan fingerprint density at radius 2 is 1.96 bits per heavy atom. The Kier molecular flexibility index (Phi) is 6.14. The molecule has 1 aliphatic rings. The summed E-state index contributed by atoms with van der Waals surface area (Å²) in [5, 5.41) is 8.23. The van der Waals surface area contributed by atoms with E-state index in [1.54, 1.807) is 0 Å². The molecule has 3 heterocycles. The van der Waals surface area contributed by atoms with Gasteiger partial charge in [-0.25, -0.2) is 9.97 Å². The van der Waals surface area contributed by atoms with Crippen molar-refractivity contribution in [2.45, 2.75) is 51.9 Å². The Labute approximate surface area is 147 Å². The number of rotatable bonds is 9. The first kappa shape index (κ1) is 18.0. The van der Waals surface area contributed by atoms with Gasteiger partial charge in [-0.15, -0.1) is 9.60 Å². The van der Waals surface area contributed by atoms with Crippen LogP contribution in [0.5, 0.6) is 0 Å². The van der Waals surface area contributed by atoms with Gasteiger partial charge in [0, 0.05) is 19.5 Å². The minimum atomic E-state index is 0.446. The molecule has 1 aliphatic heterocycles. The number of H-pyrrole nitrogens is 1. The molecule has 2 aromatic rings. The van der Waals surface area contributed by atoms with Crippen LogP contribution in [0.25, 0.3) is 11.0 Å². The molecule has 0 aromatic carbocycles. The molecule has 25 heavy (non-hydrogen) atoms. The van der Waals surface area contributed by atoms with Crippen LogP contribution in [-0.2, 0) is 12.8 Å². The van der Waals surface area contributed by atoms with Gasteiger partial charge in [-0.2, -0.15) is 5.10 Å². The van der Waals surface area contributed by atoms with Crippen molar-refractivity contribution in [1.82, 2.24) is 30.2 Å². The predicted octanol–water partition coefficient (Wildman–Crippen LogP) is 2.45. The van der Waals surface area contributed by atoms with Crippen LogP contribution in [-0.4, -0.2) is 56.5 Å². The van der Waals surface area contributed by atoms with E-state index in [1.807, 2.05) is 0 Å². The number of fused-ring (bicyclic) bond motifs is 1. The van der Waals surface area contributed by atoms with Crippen molar-refractivity contribution >= 4 is 16.9 Å². The molecule has 0 atom stereocenters. The van der Waals surface area contributed by atoms with E-state index in [-0.39, 0.29) is 0 Å². The molecular formula is C17H28FN7. The zero-order chi connectivity index (χ0) is 17.6. The molecule has 3 rings (SSSR count). The van der Waals surface area contributed by atoms with Gasteiger partial charge in [-0.1, -0.05) is 19.8 Å². The van der Waals surface area contributed by atoms with E-state index in [1.165, 1.54) is 0 Å². The fourth-order valence-electron chi connectivity index (χ4n) is 3.24. The molecule has 0 radical (unpaired) electrons. The molecule has 0 bridgehead atoms. The second-order valence-electron chi connectivity index (χ2n) is 6.78. The van der Waals surface area contributed by atoms with Crippen LogP contribution in [0.1, 0.15) is 50.5 Å². The van der Waals surface area contributed by atoms with Gasteiger partial charge in [0.2, 0.25) is 0 Å². The van der Waals surface area contributed by atoms with E-state index in [9.17, 15) is 4.48 Å². The Morgan fingerprint density at radius 1 is 1.08 bits per heavy atom. The zero-order valence-electron chi connectivity index (χ0n) is 15.0. The second kappa shape index (κ2) is 8.53. The minimum Gasteiger partial charge on any atom is -0.382 e. The molecule has 0 unspecified atom stereocenters. The van der Waals surface area contributed by atoms with E-state index < -0.39 is 0 Å². The number of nitrogens with zero attached hydrogens (tertiary/aromatic N) is 5. The third-order valence-electron chi connectivity index (χ3n) is 4.71. The molecule has 138 valence electrons. The van der Waals surface area contributed by atoms with Crippen LogP contribution in [0, 0.1) is 0 Å². The number of nitrogens with two attached hydrogens (primary N) is 1. The number of anilines is 1.